The summed E-state index contributed by atoms with van der Waals surface area (Å²) in [5.74, 6) is -1.10. The second kappa shape index (κ2) is 9.16. The highest BCUT2D eigenvalue weighted by molar-refractivity contribution is 6.30. The quantitative estimate of drug-likeness (QED) is 0.269. The molecule has 0 radical (unpaired) electrons. The molecule has 0 fully saturated rings. The molecule has 2 N–H and O–H groups in total. The predicted octanol–water partition coefficient (Wildman–Crippen LogP) is 4.85. The van der Waals surface area contributed by atoms with E-state index in [4.69, 9.17) is 5.21 Å². The summed E-state index contributed by atoms with van der Waals surface area (Å²) in [6.45, 7) is 2.00. The van der Waals surface area contributed by atoms with Gasteiger partial charge < -0.3 is 4.90 Å². The summed E-state index contributed by atoms with van der Waals surface area (Å²) in [6.07, 6.45) is 3.22. The van der Waals surface area contributed by atoms with Gasteiger partial charge in [-0.25, -0.2) is 9.87 Å². The average Bonchev–Trinajstić information content (AvgIpc) is 2.83. The molecule has 1 aliphatic heterocycles. The van der Waals surface area contributed by atoms with Gasteiger partial charge in [0.05, 0.1) is 0 Å². The number of hydroxylamine groups is 1. The molecule has 6 heteroatoms. The van der Waals surface area contributed by atoms with Crippen LogP contribution < -0.4 is 10.4 Å². The summed E-state index contributed by atoms with van der Waals surface area (Å²) in [6, 6.07) is 20.4. The second-order valence-electron chi connectivity index (χ2n) is 7.82. The fraction of sp³-hybridized carbons (Fsp3) is 0.154. The zero-order valence-electron chi connectivity index (χ0n) is 17.6. The summed E-state index contributed by atoms with van der Waals surface area (Å²) < 4.78 is 13.4. The van der Waals surface area contributed by atoms with Gasteiger partial charge in [0.1, 0.15) is 5.82 Å². The van der Waals surface area contributed by atoms with Crippen molar-refractivity contribution in [3.63, 3.8) is 0 Å². The lowest BCUT2D eigenvalue weighted by atomic mass is 9.92. The van der Waals surface area contributed by atoms with E-state index in [-0.39, 0.29) is 17.8 Å². The number of hydrogen-bond donors (Lipinski definition) is 2. The molecule has 5 nitrogen and oxygen atoms in total. The molecule has 0 saturated heterocycles. The van der Waals surface area contributed by atoms with Gasteiger partial charge in [0.2, 0.25) is 0 Å². The molecule has 0 aromatic heterocycles. The first-order valence-corrected chi connectivity index (χ1v) is 10.4. The third kappa shape index (κ3) is 4.31. The molecule has 0 bridgehead atoms. The Morgan fingerprint density at radius 2 is 1.75 bits per heavy atom. The second-order valence-corrected chi connectivity index (χ2v) is 7.82. The number of nitrogens with one attached hydrogen (secondary N) is 1. The van der Waals surface area contributed by atoms with Gasteiger partial charge in [0.15, 0.2) is 0 Å². The standard InChI is InChI=1S/C26H23FN2O3/c1-17-7-10-20-16-21(25(30)28-32)11-14-24(20)29(17)26(31)23(19-5-3-2-4-6-19)15-18-8-12-22(27)13-9-18/h2-6,8-9,11-17,32H,7,10H2,1H3,(H,28,30). The third-order valence-electron chi connectivity index (χ3n) is 5.69. The van der Waals surface area contributed by atoms with Crippen LogP contribution in [0.25, 0.3) is 11.6 Å². The molecule has 1 aliphatic rings. The number of amides is 2. The van der Waals surface area contributed by atoms with Gasteiger partial charge in [-0.05, 0) is 72.9 Å². The molecular formula is C26H23FN2O3. The van der Waals surface area contributed by atoms with Crippen molar-refractivity contribution in [3.8, 4) is 0 Å². The topological polar surface area (TPSA) is 69.6 Å². The van der Waals surface area contributed by atoms with Gasteiger partial charge in [0, 0.05) is 22.9 Å². The van der Waals surface area contributed by atoms with Crippen LogP contribution in [0.2, 0.25) is 0 Å². The molecule has 162 valence electrons. The van der Waals surface area contributed by atoms with Gasteiger partial charge in [-0.15, -0.1) is 0 Å². The Morgan fingerprint density at radius 1 is 1.03 bits per heavy atom. The van der Waals surface area contributed by atoms with E-state index in [0.717, 1.165) is 35.2 Å². The molecule has 1 unspecified atom stereocenters. The Bertz CT molecular complexity index is 1170. The summed E-state index contributed by atoms with van der Waals surface area (Å²) in [5.41, 5.74) is 5.56. The molecule has 2 amide bonds. The molecule has 3 aromatic rings. The normalized spacial score (nSPS) is 15.8. The lowest BCUT2D eigenvalue weighted by Crippen LogP contribution is -2.42. The first kappa shape index (κ1) is 21.5. The van der Waals surface area contributed by atoms with Crippen molar-refractivity contribution in [2.75, 3.05) is 4.90 Å². The lowest BCUT2D eigenvalue weighted by molar-refractivity contribution is -0.113. The Labute approximate surface area is 185 Å². The lowest BCUT2D eigenvalue weighted by Gasteiger charge is -2.36. The molecule has 1 atom stereocenters. The maximum Gasteiger partial charge on any atom is 0.274 e. The first-order chi connectivity index (χ1) is 15.5. The zero-order chi connectivity index (χ0) is 22.7. The highest BCUT2D eigenvalue weighted by Gasteiger charge is 2.31. The SMILES string of the molecule is CC1CCc2cc(C(=O)NO)ccc2N1C(=O)C(=Cc1ccc(F)cc1)c1ccccc1. The fourth-order valence-corrected chi connectivity index (χ4v) is 4.01. The Hall–Kier alpha value is -3.77. The number of rotatable bonds is 4. The largest absolute Gasteiger partial charge is 0.305 e. The Morgan fingerprint density at radius 3 is 2.44 bits per heavy atom. The number of anilines is 1. The van der Waals surface area contributed by atoms with Crippen LogP contribution >= 0.6 is 0 Å². The minimum atomic E-state index is -0.592. The smallest absolute Gasteiger partial charge is 0.274 e. The van der Waals surface area contributed by atoms with E-state index >= 15 is 0 Å². The molecule has 4 rings (SSSR count). The van der Waals surface area contributed by atoms with E-state index in [1.807, 2.05) is 37.3 Å². The Balaban J connectivity index is 1.79. The van der Waals surface area contributed by atoms with Crippen molar-refractivity contribution in [2.24, 2.45) is 0 Å². The van der Waals surface area contributed by atoms with Gasteiger partial charge >= 0.3 is 0 Å². The first-order valence-electron chi connectivity index (χ1n) is 10.4. The molecule has 0 spiro atoms. The van der Waals surface area contributed by atoms with E-state index in [1.54, 1.807) is 46.8 Å². The van der Waals surface area contributed by atoms with Crippen LogP contribution in [-0.4, -0.2) is 23.1 Å². The number of benzene rings is 3. The van der Waals surface area contributed by atoms with Crippen molar-refractivity contribution < 1.29 is 19.2 Å². The number of hydrogen-bond acceptors (Lipinski definition) is 3. The van der Waals surface area contributed by atoms with Crippen LogP contribution in [0.15, 0.2) is 72.8 Å². The molecule has 0 saturated carbocycles. The fourth-order valence-electron chi connectivity index (χ4n) is 4.01. The van der Waals surface area contributed by atoms with Crippen LogP contribution in [0.5, 0.6) is 0 Å². The van der Waals surface area contributed by atoms with Crippen molar-refractivity contribution in [2.45, 2.75) is 25.8 Å². The van der Waals surface area contributed by atoms with Crippen LogP contribution in [0, 0.1) is 5.82 Å². The van der Waals surface area contributed by atoms with Crippen molar-refractivity contribution >= 4 is 29.2 Å². The maximum absolute atomic E-state index is 13.9. The van der Waals surface area contributed by atoms with Crippen LogP contribution in [0.1, 0.15) is 40.4 Å². The van der Waals surface area contributed by atoms with Crippen molar-refractivity contribution in [3.05, 3.63) is 101 Å². The van der Waals surface area contributed by atoms with Crippen molar-refractivity contribution in [1.29, 1.82) is 0 Å². The van der Waals surface area contributed by atoms with Crippen LogP contribution in [-0.2, 0) is 11.2 Å². The highest BCUT2D eigenvalue weighted by atomic mass is 19.1. The van der Waals surface area contributed by atoms with E-state index in [1.165, 1.54) is 12.1 Å². The number of fused-ring (bicyclic) bond motifs is 1. The zero-order valence-corrected chi connectivity index (χ0v) is 17.6. The third-order valence-corrected chi connectivity index (χ3v) is 5.69. The molecule has 3 aromatic carbocycles. The molecule has 32 heavy (non-hydrogen) atoms. The Kier molecular flexibility index (Phi) is 6.14. The van der Waals surface area contributed by atoms with E-state index in [2.05, 4.69) is 0 Å². The molecule has 1 heterocycles. The van der Waals surface area contributed by atoms with Crippen LogP contribution in [0.3, 0.4) is 0 Å². The summed E-state index contributed by atoms with van der Waals surface area (Å²) in [4.78, 5) is 27.5. The predicted molar refractivity (Wildman–Crippen MR) is 122 cm³/mol. The van der Waals surface area contributed by atoms with Crippen molar-refractivity contribution in [1.82, 2.24) is 5.48 Å². The summed E-state index contributed by atoms with van der Waals surface area (Å²) in [7, 11) is 0. The minimum absolute atomic E-state index is 0.0483. The summed E-state index contributed by atoms with van der Waals surface area (Å²) >= 11 is 0. The van der Waals surface area contributed by atoms with Crippen LogP contribution in [0.4, 0.5) is 10.1 Å². The van der Waals surface area contributed by atoms with E-state index < -0.39 is 5.91 Å². The van der Waals surface area contributed by atoms with Gasteiger partial charge in [-0.1, -0.05) is 42.5 Å². The maximum atomic E-state index is 13.9. The average molecular weight is 430 g/mol. The molecule has 0 aliphatic carbocycles. The van der Waals surface area contributed by atoms with Gasteiger partial charge in [-0.2, -0.15) is 0 Å². The van der Waals surface area contributed by atoms with E-state index in [9.17, 15) is 14.0 Å². The number of aryl methyl sites for hydroxylation is 1. The van der Waals surface area contributed by atoms with Gasteiger partial charge in [-0.3, -0.25) is 14.8 Å². The van der Waals surface area contributed by atoms with Gasteiger partial charge in [0.25, 0.3) is 11.8 Å². The monoisotopic (exact) mass is 430 g/mol. The number of halogens is 1. The number of carbonyl (C=O) groups is 2. The summed E-state index contributed by atoms with van der Waals surface area (Å²) in [5, 5.41) is 8.94. The number of carbonyl (C=O) groups excluding carboxylic acids is 2. The highest BCUT2D eigenvalue weighted by Crippen LogP contribution is 2.34. The van der Waals surface area contributed by atoms with E-state index in [0.29, 0.717) is 11.1 Å². The minimum Gasteiger partial charge on any atom is -0.305 e. The number of nitrogens with zero attached hydrogens (tertiary/aromatic N) is 1. The molecular weight excluding hydrogens is 407 g/mol.